The van der Waals surface area contributed by atoms with Gasteiger partial charge in [0.25, 0.3) is 5.91 Å². The number of fused-ring (bicyclic) bond motifs is 1. The Hall–Kier alpha value is -3.32. The number of aromatic hydroxyl groups is 1. The van der Waals surface area contributed by atoms with Crippen LogP contribution in [0.25, 0.3) is 10.9 Å². The van der Waals surface area contributed by atoms with Gasteiger partial charge < -0.3 is 20.5 Å². The van der Waals surface area contributed by atoms with Crippen LogP contribution in [0.15, 0.2) is 53.3 Å². The molecule has 3 rings (SSSR count). The Labute approximate surface area is 158 Å². The number of amides is 1. The number of carbonyl (C=O) groups is 2. The summed E-state index contributed by atoms with van der Waals surface area (Å²) in [5, 5.41) is 22.8. The minimum atomic E-state index is -1.26. The van der Waals surface area contributed by atoms with Crippen molar-refractivity contribution < 1.29 is 19.8 Å². The van der Waals surface area contributed by atoms with Gasteiger partial charge in [-0.15, -0.1) is 0 Å². The molecule has 0 radical (unpaired) electrons. The van der Waals surface area contributed by atoms with Gasteiger partial charge in [-0.2, -0.15) is 0 Å². The van der Waals surface area contributed by atoms with E-state index in [-0.39, 0.29) is 23.3 Å². The summed E-state index contributed by atoms with van der Waals surface area (Å²) in [6.45, 7) is 0. The number of halogens is 1. The smallest absolute Gasteiger partial charge is 0.326 e. The molecule has 7 nitrogen and oxygen atoms in total. The normalized spacial score (nSPS) is 11.9. The number of phenols is 1. The van der Waals surface area contributed by atoms with E-state index < -0.39 is 23.5 Å². The molecule has 0 aliphatic carbocycles. The van der Waals surface area contributed by atoms with E-state index in [1.54, 1.807) is 12.1 Å². The van der Waals surface area contributed by atoms with Gasteiger partial charge in [-0.25, -0.2) is 4.79 Å². The van der Waals surface area contributed by atoms with E-state index in [2.05, 4.69) is 10.3 Å². The fraction of sp³-hybridized carbons (Fsp3) is 0.105. The average Bonchev–Trinajstić information content (AvgIpc) is 2.62. The molecular weight excluding hydrogens is 372 g/mol. The topological polar surface area (TPSA) is 119 Å². The largest absolute Gasteiger partial charge is 0.506 e. The van der Waals surface area contributed by atoms with Crippen molar-refractivity contribution >= 4 is 34.4 Å². The summed E-state index contributed by atoms with van der Waals surface area (Å²) in [5.74, 6) is -1.94. The zero-order valence-electron chi connectivity index (χ0n) is 13.9. The van der Waals surface area contributed by atoms with Gasteiger partial charge in [0.1, 0.15) is 11.8 Å². The zero-order chi connectivity index (χ0) is 19.6. The summed E-state index contributed by atoms with van der Waals surface area (Å²) < 4.78 is 0. The summed E-state index contributed by atoms with van der Waals surface area (Å²) in [5.41, 5.74) is 0.396. The summed E-state index contributed by atoms with van der Waals surface area (Å²) in [4.78, 5) is 38.4. The number of rotatable bonds is 5. The summed E-state index contributed by atoms with van der Waals surface area (Å²) in [7, 11) is 0. The maximum Gasteiger partial charge on any atom is 0.326 e. The third-order valence-electron chi connectivity index (χ3n) is 4.08. The molecule has 0 fully saturated rings. The van der Waals surface area contributed by atoms with Gasteiger partial charge >= 0.3 is 5.97 Å². The van der Waals surface area contributed by atoms with Crippen LogP contribution >= 0.6 is 11.6 Å². The lowest BCUT2D eigenvalue weighted by atomic mass is 10.0. The minimum Gasteiger partial charge on any atom is -0.506 e. The molecule has 0 aliphatic heterocycles. The van der Waals surface area contributed by atoms with Crippen molar-refractivity contribution in [3.05, 3.63) is 75.0 Å². The second-order valence-corrected chi connectivity index (χ2v) is 6.37. The van der Waals surface area contributed by atoms with Crippen LogP contribution < -0.4 is 10.9 Å². The number of pyridine rings is 1. The van der Waals surface area contributed by atoms with E-state index in [0.717, 1.165) is 0 Å². The molecule has 0 saturated carbocycles. The molecule has 1 atom stereocenters. The number of hydrogen-bond acceptors (Lipinski definition) is 4. The third kappa shape index (κ3) is 4.09. The van der Waals surface area contributed by atoms with Crippen molar-refractivity contribution in [2.75, 3.05) is 0 Å². The standard InChI is InChI=1S/C19H15ClN2O5/c20-12-6-4-10(5-7-12)18(25)21-14(19(26)27)8-11-9-16(24)22-17-13(11)2-1-3-15(17)23/h1-7,9,14,23H,8H2,(H,21,25)(H,22,24)(H,26,27). The van der Waals surface area contributed by atoms with Crippen molar-refractivity contribution in [1.29, 1.82) is 0 Å². The lowest BCUT2D eigenvalue weighted by Gasteiger charge is -2.16. The molecule has 0 spiro atoms. The van der Waals surface area contributed by atoms with E-state index in [9.17, 15) is 24.6 Å². The molecule has 3 aromatic rings. The second-order valence-electron chi connectivity index (χ2n) is 5.93. The lowest BCUT2D eigenvalue weighted by molar-refractivity contribution is -0.139. The van der Waals surface area contributed by atoms with Gasteiger partial charge in [-0.1, -0.05) is 23.7 Å². The number of nitrogens with one attached hydrogen (secondary N) is 2. The maximum atomic E-state index is 12.3. The van der Waals surface area contributed by atoms with Crippen molar-refractivity contribution in [3.8, 4) is 5.75 Å². The number of aromatic amines is 1. The molecule has 2 aromatic carbocycles. The Morgan fingerprint density at radius 3 is 2.52 bits per heavy atom. The van der Waals surface area contributed by atoms with Crippen LogP contribution in [0.1, 0.15) is 15.9 Å². The third-order valence-corrected chi connectivity index (χ3v) is 4.33. The zero-order valence-corrected chi connectivity index (χ0v) is 14.7. The molecule has 1 unspecified atom stereocenters. The van der Waals surface area contributed by atoms with Crippen molar-refractivity contribution in [3.63, 3.8) is 0 Å². The number of carbonyl (C=O) groups excluding carboxylic acids is 1. The predicted octanol–water partition coefficient (Wildman–Crippen LogP) is 2.31. The number of aliphatic carboxylic acids is 1. The molecule has 4 N–H and O–H groups in total. The highest BCUT2D eigenvalue weighted by molar-refractivity contribution is 6.30. The Balaban J connectivity index is 1.91. The fourth-order valence-corrected chi connectivity index (χ4v) is 2.89. The molecule has 8 heteroatoms. The highest BCUT2D eigenvalue weighted by Gasteiger charge is 2.22. The van der Waals surface area contributed by atoms with E-state index in [4.69, 9.17) is 11.6 Å². The summed E-state index contributed by atoms with van der Waals surface area (Å²) >= 11 is 5.78. The molecule has 1 amide bonds. The molecule has 0 aliphatic rings. The highest BCUT2D eigenvalue weighted by atomic mass is 35.5. The molecular formula is C19H15ClN2O5. The Bertz CT molecular complexity index is 1080. The Morgan fingerprint density at radius 2 is 1.85 bits per heavy atom. The molecule has 138 valence electrons. The molecule has 1 aromatic heterocycles. The van der Waals surface area contributed by atoms with Crippen LogP contribution in [0, 0.1) is 0 Å². The van der Waals surface area contributed by atoms with E-state index in [0.29, 0.717) is 16.0 Å². The average molecular weight is 387 g/mol. The maximum absolute atomic E-state index is 12.3. The van der Waals surface area contributed by atoms with Crippen molar-refractivity contribution in [2.24, 2.45) is 0 Å². The van der Waals surface area contributed by atoms with Crippen LogP contribution in [0.3, 0.4) is 0 Å². The predicted molar refractivity (Wildman–Crippen MR) is 100 cm³/mol. The second kappa shape index (κ2) is 7.51. The molecule has 27 heavy (non-hydrogen) atoms. The molecule has 0 saturated heterocycles. The number of benzene rings is 2. The number of aromatic nitrogens is 1. The first-order chi connectivity index (χ1) is 12.8. The quantitative estimate of drug-likeness (QED) is 0.536. The van der Waals surface area contributed by atoms with Gasteiger partial charge in [-0.05, 0) is 35.9 Å². The Kier molecular flexibility index (Phi) is 5.14. The van der Waals surface area contributed by atoms with E-state index in [1.807, 2.05) is 0 Å². The van der Waals surface area contributed by atoms with Crippen LogP contribution in [0.2, 0.25) is 5.02 Å². The van der Waals surface area contributed by atoms with Crippen LogP contribution in [-0.4, -0.2) is 33.1 Å². The monoisotopic (exact) mass is 386 g/mol. The van der Waals surface area contributed by atoms with Gasteiger partial charge in [0.05, 0.1) is 5.52 Å². The van der Waals surface area contributed by atoms with Gasteiger partial charge in [0.15, 0.2) is 0 Å². The SMILES string of the molecule is O=C(NC(Cc1cc(=O)[nH]c2c(O)cccc12)C(=O)O)c1ccc(Cl)cc1. The first-order valence-corrected chi connectivity index (χ1v) is 8.36. The number of carboxylic acids is 1. The molecule has 1 heterocycles. The Morgan fingerprint density at radius 1 is 1.15 bits per heavy atom. The van der Waals surface area contributed by atoms with Crippen LogP contribution in [-0.2, 0) is 11.2 Å². The van der Waals surface area contributed by atoms with E-state index >= 15 is 0 Å². The number of carboxylic acid groups (broad SMARTS) is 1. The van der Waals surface area contributed by atoms with Crippen LogP contribution in [0.4, 0.5) is 0 Å². The highest BCUT2D eigenvalue weighted by Crippen LogP contribution is 2.24. The number of phenolic OH excluding ortho intramolecular Hbond substituents is 1. The first kappa shape index (κ1) is 18.5. The minimum absolute atomic E-state index is 0.122. The van der Waals surface area contributed by atoms with Crippen molar-refractivity contribution in [1.82, 2.24) is 10.3 Å². The number of hydrogen-bond donors (Lipinski definition) is 4. The van der Waals surface area contributed by atoms with Gasteiger partial charge in [-0.3, -0.25) is 9.59 Å². The summed E-state index contributed by atoms with van der Waals surface area (Å²) in [6.07, 6.45) is -0.126. The summed E-state index contributed by atoms with van der Waals surface area (Å²) in [6, 6.07) is 10.7. The number of para-hydroxylation sites is 1. The molecule has 0 bridgehead atoms. The van der Waals surface area contributed by atoms with Gasteiger partial charge in [0, 0.05) is 28.5 Å². The van der Waals surface area contributed by atoms with E-state index in [1.165, 1.54) is 36.4 Å². The van der Waals surface area contributed by atoms with Crippen molar-refractivity contribution in [2.45, 2.75) is 12.5 Å². The lowest BCUT2D eigenvalue weighted by Crippen LogP contribution is -2.42. The van der Waals surface area contributed by atoms with Gasteiger partial charge in [0.2, 0.25) is 5.56 Å². The fourth-order valence-electron chi connectivity index (χ4n) is 2.77. The number of H-pyrrole nitrogens is 1. The van der Waals surface area contributed by atoms with Crippen LogP contribution in [0.5, 0.6) is 5.75 Å². The first-order valence-electron chi connectivity index (χ1n) is 7.98.